The molecule has 19 heavy (non-hydrogen) atoms. The van der Waals surface area contributed by atoms with E-state index in [0.717, 1.165) is 31.6 Å². The van der Waals surface area contributed by atoms with Gasteiger partial charge in [0.15, 0.2) is 0 Å². The molecule has 4 atom stereocenters. The molecule has 2 rings (SSSR count). The van der Waals surface area contributed by atoms with Crippen LogP contribution in [0.4, 0.5) is 0 Å². The number of nitrogens with one attached hydrogen (secondary N) is 1. The summed E-state index contributed by atoms with van der Waals surface area (Å²) < 4.78 is 5.58. The summed E-state index contributed by atoms with van der Waals surface area (Å²) in [5.41, 5.74) is 0. The van der Waals surface area contributed by atoms with E-state index in [4.69, 9.17) is 4.74 Å². The van der Waals surface area contributed by atoms with Crippen molar-refractivity contribution in [2.24, 2.45) is 11.8 Å². The summed E-state index contributed by atoms with van der Waals surface area (Å²) in [5, 5.41) is 3.72. The Morgan fingerprint density at radius 3 is 2.63 bits per heavy atom. The van der Waals surface area contributed by atoms with E-state index < -0.39 is 0 Å². The van der Waals surface area contributed by atoms with E-state index in [1.807, 2.05) is 0 Å². The van der Waals surface area contributed by atoms with E-state index in [2.05, 4.69) is 38.0 Å². The lowest BCUT2D eigenvalue weighted by atomic mass is 9.76. The molecule has 3 heteroatoms. The summed E-state index contributed by atoms with van der Waals surface area (Å²) in [6.07, 6.45) is 5.28. The molecule has 0 bridgehead atoms. The summed E-state index contributed by atoms with van der Waals surface area (Å²) in [4.78, 5) is 2.62. The fourth-order valence-electron chi connectivity index (χ4n) is 3.85. The molecule has 1 N–H and O–H groups in total. The van der Waals surface area contributed by atoms with E-state index >= 15 is 0 Å². The minimum atomic E-state index is 0.636. The Bertz CT molecular complexity index is 263. The Kier molecular flexibility index (Phi) is 5.67. The van der Waals surface area contributed by atoms with Crippen LogP contribution in [-0.2, 0) is 4.74 Å². The minimum absolute atomic E-state index is 0.636. The summed E-state index contributed by atoms with van der Waals surface area (Å²) in [7, 11) is 2.32. The second-order valence-corrected chi connectivity index (χ2v) is 6.73. The van der Waals surface area contributed by atoms with Crippen LogP contribution in [0.3, 0.4) is 0 Å². The molecular weight excluding hydrogens is 236 g/mol. The SMILES string of the molecule is CCNC1CCC(C(C)C)CC1N(C)C1CCOC1. The highest BCUT2D eigenvalue weighted by Crippen LogP contribution is 2.33. The van der Waals surface area contributed by atoms with E-state index in [-0.39, 0.29) is 0 Å². The third kappa shape index (κ3) is 3.71. The van der Waals surface area contributed by atoms with Gasteiger partial charge in [0.25, 0.3) is 0 Å². The second kappa shape index (κ2) is 7.05. The van der Waals surface area contributed by atoms with Crippen molar-refractivity contribution >= 4 is 0 Å². The Hall–Kier alpha value is -0.120. The average molecular weight is 268 g/mol. The molecule has 0 aromatic rings. The molecule has 3 nitrogen and oxygen atoms in total. The quantitative estimate of drug-likeness (QED) is 0.829. The van der Waals surface area contributed by atoms with E-state index in [9.17, 15) is 0 Å². The summed E-state index contributed by atoms with van der Waals surface area (Å²) >= 11 is 0. The van der Waals surface area contributed by atoms with Crippen molar-refractivity contribution in [2.75, 3.05) is 26.8 Å². The number of rotatable bonds is 5. The average Bonchev–Trinajstić information content (AvgIpc) is 2.92. The van der Waals surface area contributed by atoms with Gasteiger partial charge in [-0.25, -0.2) is 0 Å². The molecule has 0 aromatic heterocycles. The monoisotopic (exact) mass is 268 g/mol. The minimum Gasteiger partial charge on any atom is -0.380 e. The lowest BCUT2D eigenvalue weighted by Crippen LogP contribution is -2.55. The smallest absolute Gasteiger partial charge is 0.0622 e. The Balaban J connectivity index is 2.01. The van der Waals surface area contributed by atoms with Crippen molar-refractivity contribution in [3.8, 4) is 0 Å². The molecule has 4 unspecified atom stereocenters. The zero-order valence-electron chi connectivity index (χ0n) is 13.2. The van der Waals surface area contributed by atoms with Gasteiger partial charge < -0.3 is 10.1 Å². The highest BCUT2D eigenvalue weighted by Gasteiger charge is 2.36. The van der Waals surface area contributed by atoms with Crippen LogP contribution >= 0.6 is 0 Å². The van der Waals surface area contributed by atoms with Gasteiger partial charge in [-0.2, -0.15) is 0 Å². The lowest BCUT2D eigenvalue weighted by molar-refractivity contribution is 0.0645. The zero-order chi connectivity index (χ0) is 13.8. The third-order valence-corrected chi connectivity index (χ3v) is 5.27. The van der Waals surface area contributed by atoms with E-state index in [0.29, 0.717) is 18.1 Å². The fraction of sp³-hybridized carbons (Fsp3) is 1.00. The van der Waals surface area contributed by atoms with Crippen molar-refractivity contribution in [2.45, 2.75) is 64.6 Å². The molecule has 0 radical (unpaired) electrons. The third-order valence-electron chi connectivity index (χ3n) is 5.27. The molecule has 1 aliphatic heterocycles. The van der Waals surface area contributed by atoms with E-state index in [1.54, 1.807) is 0 Å². The van der Waals surface area contributed by atoms with Crippen LogP contribution < -0.4 is 5.32 Å². The molecule has 1 saturated carbocycles. The van der Waals surface area contributed by atoms with Gasteiger partial charge in [0.1, 0.15) is 0 Å². The van der Waals surface area contributed by atoms with Crippen molar-refractivity contribution in [3.05, 3.63) is 0 Å². The Morgan fingerprint density at radius 1 is 1.26 bits per heavy atom. The fourth-order valence-corrected chi connectivity index (χ4v) is 3.85. The van der Waals surface area contributed by atoms with Gasteiger partial charge in [0.05, 0.1) is 6.61 Å². The molecule has 1 heterocycles. The Morgan fingerprint density at radius 2 is 2.05 bits per heavy atom. The molecule has 2 aliphatic rings. The number of hydrogen-bond acceptors (Lipinski definition) is 3. The summed E-state index contributed by atoms with van der Waals surface area (Å²) in [6, 6.07) is 2.00. The molecule has 112 valence electrons. The Labute approximate surface area is 119 Å². The first-order valence-corrected chi connectivity index (χ1v) is 8.16. The first-order chi connectivity index (χ1) is 9.13. The standard InChI is InChI=1S/C16H32N2O/c1-5-17-15-7-6-13(12(2)3)10-16(15)18(4)14-8-9-19-11-14/h12-17H,5-11H2,1-4H3. The van der Waals surface area contributed by atoms with Gasteiger partial charge >= 0.3 is 0 Å². The predicted octanol–water partition coefficient (Wildman–Crippen LogP) is 2.51. The van der Waals surface area contributed by atoms with Crippen molar-refractivity contribution < 1.29 is 4.74 Å². The first kappa shape index (κ1) is 15.3. The molecule has 0 aromatic carbocycles. The zero-order valence-corrected chi connectivity index (χ0v) is 13.2. The van der Waals surface area contributed by atoms with E-state index in [1.165, 1.54) is 25.7 Å². The summed E-state index contributed by atoms with van der Waals surface area (Å²) in [6.45, 7) is 9.95. The van der Waals surface area contributed by atoms with Crippen LogP contribution in [0.5, 0.6) is 0 Å². The lowest BCUT2D eigenvalue weighted by Gasteiger charge is -2.44. The molecule has 1 saturated heterocycles. The van der Waals surface area contributed by atoms with Crippen LogP contribution in [0.2, 0.25) is 0 Å². The predicted molar refractivity (Wildman–Crippen MR) is 80.4 cm³/mol. The number of ether oxygens (including phenoxy) is 1. The summed E-state index contributed by atoms with van der Waals surface area (Å²) in [5.74, 6) is 1.71. The molecule has 0 amide bonds. The normalized spacial score (nSPS) is 36.3. The number of hydrogen-bond donors (Lipinski definition) is 1. The van der Waals surface area contributed by atoms with Crippen LogP contribution in [0.1, 0.15) is 46.5 Å². The molecular formula is C16H32N2O. The second-order valence-electron chi connectivity index (χ2n) is 6.73. The van der Waals surface area contributed by atoms with Crippen molar-refractivity contribution in [1.82, 2.24) is 10.2 Å². The van der Waals surface area contributed by atoms with Gasteiger partial charge in [-0.1, -0.05) is 20.8 Å². The highest BCUT2D eigenvalue weighted by atomic mass is 16.5. The number of likely N-dealkylation sites (N-methyl/N-ethyl adjacent to an activating group) is 2. The van der Waals surface area contributed by atoms with Crippen LogP contribution in [0, 0.1) is 11.8 Å². The van der Waals surface area contributed by atoms with Gasteiger partial charge in [-0.3, -0.25) is 4.90 Å². The van der Waals surface area contributed by atoms with Gasteiger partial charge in [-0.05, 0) is 51.1 Å². The maximum atomic E-state index is 5.58. The molecule has 2 fully saturated rings. The highest BCUT2D eigenvalue weighted by molar-refractivity contribution is 4.93. The first-order valence-electron chi connectivity index (χ1n) is 8.16. The molecule has 1 aliphatic carbocycles. The maximum Gasteiger partial charge on any atom is 0.0622 e. The number of nitrogens with zero attached hydrogens (tertiary/aromatic N) is 1. The molecule has 0 spiro atoms. The van der Waals surface area contributed by atoms with Crippen molar-refractivity contribution in [3.63, 3.8) is 0 Å². The van der Waals surface area contributed by atoms with Crippen molar-refractivity contribution in [1.29, 1.82) is 0 Å². The largest absolute Gasteiger partial charge is 0.380 e. The van der Waals surface area contributed by atoms with Crippen LogP contribution in [0.25, 0.3) is 0 Å². The topological polar surface area (TPSA) is 24.5 Å². The van der Waals surface area contributed by atoms with Gasteiger partial charge in [-0.15, -0.1) is 0 Å². The maximum absolute atomic E-state index is 5.58. The van der Waals surface area contributed by atoms with Gasteiger partial charge in [0, 0.05) is 24.7 Å². The van der Waals surface area contributed by atoms with Crippen LogP contribution in [-0.4, -0.2) is 49.8 Å². The van der Waals surface area contributed by atoms with Crippen LogP contribution in [0.15, 0.2) is 0 Å². The van der Waals surface area contributed by atoms with Gasteiger partial charge in [0.2, 0.25) is 0 Å².